The lowest BCUT2D eigenvalue weighted by Crippen LogP contribution is -2.44. The largest absolute Gasteiger partial charge is 0.497 e. The molecule has 0 bridgehead atoms. The maximum absolute atomic E-state index is 12.8. The quantitative estimate of drug-likeness (QED) is 0.758. The molecule has 1 aromatic heterocycles. The summed E-state index contributed by atoms with van der Waals surface area (Å²) in [4.78, 5) is 21.6. The van der Waals surface area contributed by atoms with Crippen LogP contribution in [0.1, 0.15) is 10.4 Å². The minimum atomic E-state index is -0.150. The first kappa shape index (κ1) is 18.3. The number of benzene rings is 2. The molecule has 6 nitrogen and oxygen atoms in total. The Labute approximate surface area is 164 Å². The number of ether oxygens (including phenoxy) is 1. The van der Waals surface area contributed by atoms with Crippen LogP contribution in [0.4, 0.5) is 11.4 Å². The summed E-state index contributed by atoms with van der Waals surface area (Å²) in [5.41, 5.74) is 2.47. The van der Waals surface area contributed by atoms with Gasteiger partial charge in [-0.2, -0.15) is 0 Å². The van der Waals surface area contributed by atoms with E-state index in [4.69, 9.17) is 4.74 Å². The van der Waals surface area contributed by atoms with Gasteiger partial charge < -0.3 is 19.9 Å². The fourth-order valence-electron chi connectivity index (χ4n) is 3.48. The lowest BCUT2D eigenvalue weighted by atomic mass is 10.1. The molecule has 0 spiro atoms. The summed E-state index contributed by atoms with van der Waals surface area (Å²) < 4.78 is 5.36. The number of aromatic nitrogens is 1. The molecular weight excluding hydrogens is 352 g/mol. The van der Waals surface area contributed by atoms with Crippen molar-refractivity contribution >= 4 is 28.1 Å². The molecule has 1 aliphatic heterocycles. The van der Waals surface area contributed by atoms with Crippen molar-refractivity contribution in [2.45, 2.75) is 0 Å². The highest BCUT2D eigenvalue weighted by molar-refractivity contribution is 6.09. The van der Waals surface area contributed by atoms with Gasteiger partial charge in [-0.3, -0.25) is 9.78 Å². The average Bonchev–Trinajstić information content (AvgIpc) is 2.74. The number of amides is 1. The number of nitrogens with one attached hydrogen (secondary N) is 1. The van der Waals surface area contributed by atoms with Gasteiger partial charge in [-0.05, 0) is 48.8 Å². The van der Waals surface area contributed by atoms with Gasteiger partial charge in [-0.1, -0.05) is 0 Å². The van der Waals surface area contributed by atoms with Crippen LogP contribution in [-0.4, -0.2) is 56.1 Å². The fraction of sp³-hybridized carbons (Fsp3) is 0.273. The third-order valence-electron chi connectivity index (χ3n) is 5.21. The third-order valence-corrected chi connectivity index (χ3v) is 5.21. The Morgan fingerprint density at radius 3 is 2.54 bits per heavy atom. The van der Waals surface area contributed by atoms with E-state index in [0.717, 1.165) is 42.6 Å². The average molecular weight is 376 g/mol. The van der Waals surface area contributed by atoms with Crippen molar-refractivity contribution in [2.75, 3.05) is 50.6 Å². The Hall–Kier alpha value is -3.12. The van der Waals surface area contributed by atoms with Crippen LogP contribution in [0.5, 0.6) is 5.75 Å². The molecule has 28 heavy (non-hydrogen) atoms. The number of likely N-dealkylation sites (N-methyl/N-ethyl adjacent to an activating group) is 1. The van der Waals surface area contributed by atoms with Crippen molar-refractivity contribution in [1.82, 2.24) is 9.88 Å². The van der Waals surface area contributed by atoms with Crippen LogP contribution >= 0.6 is 0 Å². The highest BCUT2D eigenvalue weighted by Crippen LogP contribution is 2.29. The van der Waals surface area contributed by atoms with Gasteiger partial charge in [0.15, 0.2) is 0 Å². The lowest BCUT2D eigenvalue weighted by Gasteiger charge is -2.34. The summed E-state index contributed by atoms with van der Waals surface area (Å²) in [5.74, 6) is 0.544. The number of anilines is 2. The van der Waals surface area contributed by atoms with E-state index < -0.39 is 0 Å². The summed E-state index contributed by atoms with van der Waals surface area (Å²) in [5, 5.41) is 4.85. The predicted octanol–water partition coefficient (Wildman–Crippen LogP) is 3.25. The van der Waals surface area contributed by atoms with E-state index in [9.17, 15) is 4.79 Å². The summed E-state index contributed by atoms with van der Waals surface area (Å²) in [6, 6.07) is 13.4. The standard InChI is InChI=1S/C22H24N4O2/c1-25-9-11-26(12-10-25)18-5-3-16(4-6-18)22(27)24-21-14-19(28-2)13-17-7-8-23-15-20(17)21/h3-8,13-15H,9-12H2,1-2H3,(H,24,27). The number of fused-ring (bicyclic) bond motifs is 1. The summed E-state index contributed by atoms with van der Waals surface area (Å²) >= 11 is 0. The first-order valence-electron chi connectivity index (χ1n) is 9.41. The zero-order chi connectivity index (χ0) is 19.5. The molecule has 1 amide bonds. The monoisotopic (exact) mass is 376 g/mol. The normalized spacial score (nSPS) is 14.9. The van der Waals surface area contributed by atoms with Crippen LogP contribution in [0.15, 0.2) is 54.9 Å². The van der Waals surface area contributed by atoms with E-state index in [1.165, 1.54) is 0 Å². The Kier molecular flexibility index (Phi) is 5.12. The van der Waals surface area contributed by atoms with Crippen LogP contribution in [0.25, 0.3) is 10.8 Å². The minimum Gasteiger partial charge on any atom is -0.497 e. The molecule has 2 heterocycles. The second-order valence-electron chi connectivity index (χ2n) is 7.06. The van der Waals surface area contributed by atoms with Crippen molar-refractivity contribution in [2.24, 2.45) is 0 Å². The zero-order valence-electron chi connectivity index (χ0n) is 16.2. The van der Waals surface area contributed by atoms with E-state index >= 15 is 0 Å². The number of hydrogen-bond acceptors (Lipinski definition) is 5. The molecule has 6 heteroatoms. The molecule has 0 unspecified atom stereocenters. The van der Waals surface area contributed by atoms with Crippen molar-refractivity contribution in [3.63, 3.8) is 0 Å². The zero-order valence-corrected chi connectivity index (χ0v) is 16.2. The smallest absolute Gasteiger partial charge is 0.255 e. The lowest BCUT2D eigenvalue weighted by molar-refractivity contribution is 0.102. The van der Waals surface area contributed by atoms with Crippen molar-refractivity contribution in [3.05, 3.63) is 60.4 Å². The van der Waals surface area contributed by atoms with E-state index in [1.54, 1.807) is 19.5 Å². The molecule has 1 aliphatic rings. The Morgan fingerprint density at radius 2 is 1.82 bits per heavy atom. The van der Waals surface area contributed by atoms with Crippen molar-refractivity contribution in [1.29, 1.82) is 0 Å². The number of nitrogens with zero attached hydrogens (tertiary/aromatic N) is 3. The van der Waals surface area contributed by atoms with Gasteiger partial charge >= 0.3 is 0 Å². The molecule has 1 fully saturated rings. The second-order valence-corrected chi connectivity index (χ2v) is 7.06. The number of piperazine rings is 1. The number of methoxy groups -OCH3 is 1. The van der Waals surface area contributed by atoms with Gasteiger partial charge in [-0.15, -0.1) is 0 Å². The number of carbonyl (C=O) groups is 1. The van der Waals surface area contributed by atoms with Crippen LogP contribution in [0.2, 0.25) is 0 Å². The molecule has 144 valence electrons. The molecule has 0 radical (unpaired) electrons. The number of rotatable bonds is 4. The van der Waals surface area contributed by atoms with Gasteiger partial charge in [0.2, 0.25) is 0 Å². The molecular formula is C22H24N4O2. The number of pyridine rings is 1. The highest BCUT2D eigenvalue weighted by atomic mass is 16.5. The SMILES string of the molecule is COc1cc(NC(=O)c2ccc(N3CCN(C)CC3)cc2)c2cnccc2c1. The second kappa shape index (κ2) is 7.86. The van der Waals surface area contributed by atoms with Crippen LogP contribution in [0.3, 0.4) is 0 Å². The Morgan fingerprint density at radius 1 is 1.07 bits per heavy atom. The maximum Gasteiger partial charge on any atom is 0.255 e. The van der Waals surface area contributed by atoms with Gasteiger partial charge in [-0.25, -0.2) is 0 Å². The van der Waals surface area contributed by atoms with Gasteiger partial charge in [0.05, 0.1) is 12.8 Å². The predicted molar refractivity (Wildman–Crippen MR) is 112 cm³/mol. The molecule has 3 aromatic rings. The number of hydrogen-bond donors (Lipinski definition) is 1. The summed E-state index contributed by atoms with van der Waals surface area (Å²) in [6.45, 7) is 4.12. The van der Waals surface area contributed by atoms with E-state index in [0.29, 0.717) is 17.0 Å². The van der Waals surface area contributed by atoms with Gasteiger partial charge in [0, 0.05) is 61.3 Å². The molecule has 0 aliphatic carbocycles. The van der Waals surface area contributed by atoms with Crippen molar-refractivity contribution in [3.8, 4) is 5.75 Å². The highest BCUT2D eigenvalue weighted by Gasteiger charge is 2.15. The Bertz CT molecular complexity index is 979. The molecule has 1 N–H and O–H groups in total. The maximum atomic E-state index is 12.8. The van der Waals surface area contributed by atoms with Crippen LogP contribution < -0.4 is 15.0 Å². The van der Waals surface area contributed by atoms with E-state index in [2.05, 4.69) is 27.1 Å². The number of carbonyl (C=O) groups excluding carboxylic acids is 1. The minimum absolute atomic E-state index is 0.150. The summed E-state index contributed by atoms with van der Waals surface area (Å²) in [6.07, 6.45) is 3.48. The first-order valence-corrected chi connectivity index (χ1v) is 9.41. The van der Waals surface area contributed by atoms with E-state index in [-0.39, 0.29) is 5.91 Å². The first-order chi connectivity index (χ1) is 13.6. The van der Waals surface area contributed by atoms with E-state index in [1.807, 2.05) is 42.5 Å². The molecule has 0 atom stereocenters. The molecule has 4 rings (SSSR count). The third kappa shape index (κ3) is 3.77. The molecule has 1 saturated heterocycles. The van der Waals surface area contributed by atoms with Gasteiger partial charge in [0.25, 0.3) is 5.91 Å². The van der Waals surface area contributed by atoms with Crippen LogP contribution in [-0.2, 0) is 0 Å². The topological polar surface area (TPSA) is 57.7 Å². The van der Waals surface area contributed by atoms with Crippen molar-refractivity contribution < 1.29 is 9.53 Å². The summed E-state index contributed by atoms with van der Waals surface area (Å²) in [7, 11) is 3.76. The van der Waals surface area contributed by atoms with Gasteiger partial charge in [0.1, 0.15) is 5.75 Å². The fourth-order valence-corrected chi connectivity index (χ4v) is 3.48. The molecule has 0 saturated carbocycles. The van der Waals surface area contributed by atoms with Crippen LogP contribution in [0, 0.1) is 0 Å². The molecule has 2 aromatic carbocycles. The Balaban J connectivity index is 1.53.